The van der Waals surface area contributed by atoms with E-state index in [9.17, 15) is 40.7 Å². The average molecular weight is 422 g/mol. The fraction of sp³-hybridized carbons (Fsp3) is 0.688. The lowest BCUT2D eigenvalue weighted by Gasteiger charge is -2.30. The molecule has 0 fully saturated rings. The summed E-state index contributed by atoms with van der Waals surface area (Å²) in [7, 11) is 0. The van der Waals surface area contributed by atoms with Gasteiger partial charge in [-0.15, -0.1) is 0 Å². The van der Waals surface area contributed by atoms with Gasteiger partial charge in [0, 0.05) is 5.57 Å². The van der Waals surface area contributed by atoms with E-state index in [0.29, 0.717) is 0 Å². The fourth-order valence-electron chi connectivity index (χ4n) is 1.49. The lowest BCUT2D eigenvalue weighted by atomic mass is 10.0. The highest BCUT2D eigenvalue weighted by atomic mass is 19.3. The second kappa shape index (κ2) is 9.78. The maximum absolute atomic E-state index is 13.6. The Labute approximate surface area is 156 Å². The average Bonchev–Trinajstić information content (AvgIpc) is 2.56. The van der Waals surface area contributed by atoms with Crippen molar-refractivity contribution >= 4 is 17.9 Å². The van der Waals surface area contributed by atoms with Crippen LogP contribution in [0.2, 0.25) is 0 Å². The van der Waals surface area contributed by atoms with E-state index in [2.05, 4.69) is 20.8 Å². The van der Waals surface area contributed by atoms with Crippen LogP contribution in [0.1, 0.15) is 33.6 Å². The van der Waals surface area contributed by atoms with Gasteiger partial charge in [-0.05, 0) is 33.6 Å². The molecule has 0 amide bonds. The van der Waals surface area contributed by atoms with Crippen molar-refractivity contribution in [1.29, 1.82) is 0 Å². The van der Waals surface area contributed by atoms with Crippen LogP contribution in [0.4, 0.5) is 26.3 Å². The second-order valence-electron chi connectivity index (χ2n) is 5.94. The van der Waals surface area contributed by atoms with Gasteiger partial charge in [-0.2, -0.15) is 26.3 Å². The Balaban J connectivity index is 4.80. The highest BCUT2D eigenvalue weighted by Gasteiger charge is 2.79. The summed E-state index contributed by atoms with van der Waals surface area (Å²) in [6.07, 6.45) is -1.47. The van der Waals surface area contributed by atoms with Crippen LogP contribution in [0.3, 0.4) is 0 Å². The van der Waals surface area contributed by atoms with Gasteiger partial charge in [-0.1, -0.05) is 6.58 Å². The Bertz CT molecular complexity index is 602. The number of alkyl halides is 6. The molecule has 0 radical (unpaired) electrons. The topological polar surface area (TPSA) is 78.9 Å². The second-order valence-corrected chi connectivity index (χ2v) is 5.94. The molecule has 0 aromatic heterocycles. The summed E-state index contributed by atoms with van der Waals surface area (Å²) in [5.74, 6) is -24.9. The van der Waals surface area contributed by atoms with Crippen molar-refractivity contribution in [3.8, 4) is 0 Å². The molecule has 28 heavy (non-hydrogen) atoms. The number of hydrogen-bond donors (Lipinski definition) is 0. The zero-order valence-corrected chi connectivity index (χ0v) is 15.3. The van der Waals surface area contributed by atoms with Crippen LogP contribution >= 0.6 is 0 Å². The number of esters is 3. The van der Waals surface area contributed by atoms with Crippen LogP contribution in [0, 0.1) is 0 Å². The predicted octanol–water partition coefficient (Wildman–Crippen LogP) is 3.29. The molecule has 0 saturated carbocycles. The SMILES string of the molecule is C=C(C)C(=O)OCCCCOC(=O)C(F)(F)C(F)(F)C(F)(F)C(=O)OC(C)C. The van der Waals surface area contributed by atoms with Crippen molar-refractivity contribution in [3.63, 3.8) is 0 Å². The highest BCUT2D eigenvalue weighted by molar-refractivity contribution is 5.87. The Morgan fingerprint density at radius 1 is 0.857 bits per heavy atom. The molecule has 0 unspecified atom stereocenters. The summed E-state index contributed by atoms with van der Waals surface area (Å²) in [6.45, 7) is 5.70. The van der Waals surface area contributed by atoms with Crippen molar-refractivity contribution in [2.45, 2.75) is 57.5 Å². The van der Waals surface area contributed by atoms with Gasteiger partial charge < -0.3 is 14.2 Å². The molecule has 0 saturated heterocycles. The van der Waals surface area contributed by atoms with Crippen LogP contribution in [-0.4, -0.2) is 55.0 Å². The normalized spacial score (nSPS) is 12.5. The van der Waals surface area contributed by atoms with E-state index in [0.717, 1.165) is 13.8 Å². The Morgan fingerprint density at radius 2 is 1.29 bits per heavy atom. The number of rotatable bonds is 11. The van der Waals surface area contributed by atoms with Crippen LogP contribution in [-0.2, 0) is 28.6 Å². The molecule has 0 spiro atoms. The molecule has 0 aromatic rings. The van der Waals surface area contributed by atoms with Gasteiger partial charge in [0.2, 0.25) is 0 Å². The minimum absolute atomic E-state index is 0.00510. The summed E-state index contributed by atoms with van der Waals surface area (Å²) in [5.41, 5.74) is 0.102. The molecule has 162 valence electrons. The summed E-state index contributed by atoms with van der Waals surface area (Å²) in [4.78, 5) is 33.3. The summed E-state index contributed by atoms with van der Waals surface area (Å²) in [5, 5.41) is 0. The van der Waals surface area contributed by atoms with Crippen molar-refractivity contribution in [2.75, 3.05) is 13.2 Å². The van der Waals surface area contributed by atoms with Crippen LogP contribution in [0.5, 0.6) is 0 Å². The standard InChI is InChI=1S/C16H20F6O6/c1-9(2)11(23)26-7-5-6-8-27-12(24)14(17,18)16(21,22)15(19,20)13(25)28-10(3)4/h10H,1,5-8H2,2-4H3. The fourth-order valence-corrected chi connectivity index (χ4v) is 1.49. The van der Waals surface area contributed by atoms with Crippen molar-refractivity contribution in [3.05, 3.63) is 12.2 Å². The lowest BCUT2D eigenvalue weighted by Crippen LogP contribution is -2.61. The van der Waals surface area contributed by atoms with Crippen molar-refractivity contribution in [1.82, 2.24) is 0 Å². The first-order chi connectivity index (χ1) is 12.6. The van der Waals surface area contributed by atoms with Crippen LogP contribution in [0.25, 0.3) is 0 Å². The van der Waals surface area contributed by atoms with Crippen molar-refractivity contribution in [2.24, 2.45) is 0 Å². The van der Waals surface area contributed by atoms with Gasteiger partial charge in [-0.3, -0.25) is 0 Å². The molecule has 0 atom stereocenters. The first-order valence-electron chi connectivity index (χ1n) is 7.93. The van der Waals surface area contributed by atoms with Crippen LogP contribution < -0.4 is 0 Å². The van der Waals surface area contributed by atoms with Gasteiger partial charge in [0.05, 0.1) is 19.3 Å². The van der Waals surface area contributed by atoms with E-state index in [1.54, 1.807) is 0 Å². The van der Waals surface area contributed by atoms with E-state index in [4.69, 9.17) is 0 Å². The van der Waals surface area contributed by atoms with Crippen LogP contribution in [0.15, 0.2) is 12.2 Å². The molecule has 0 aliphatic carbocycles. The van der Waals surface area contributed by atoms with Gasteiger partial charge in [0.15, 0.2) is 0 Å². The summed E-state index contributed by atoms with van der Waals surface area (Å²) >= 11 is 0. The number of carbonyl (C=O) groups is 3. The number of carbonyl (C=O) groups excluding carboxylic acids is 3. The maximum Gasteiger partial charge on any atom is 0.411 e. The number of ether oxygens (including phenoxy) is 3. The Hall–Kier alpha value is -2.27. The number of unbranched alkanes of at least 4 members (excludes halogenated alkanes) is 1. The van der Waals surface area contributed by atoms with E-state index in [1.807, 2.05) is 0 Å². The van der Waals surface area contributed by atoms with Gasteiger partial charge in [0.1, 0.15) is 0 Å². The molecule has 6 nitrogen and oxygen atoms in total. The first-order valence-corrected chi connectivity index (χ1v) is 7.93. The highest BCUT2D eigenvalue weighted by Crippen LogP contribution is 2.47. The largest absolute Gasteiger partial charge is 0.462 e. The maximum atomic E-state index is 13.6. The smallest absolute Gasteiger partial charge is 0.411 e. The molecule has 0 rings (SSSR count). The lowest BCUT2D eigenvalue weighted by molar-refractivity contribution is -0.302. The first kappa shape index (κ1) is 25.7. The predicted molar refractivity (Wildman–Crippen MR) is 82.0 cm³/mol. The van der Waals surface area contributed by atoms with E-state index in [1.165, 1.54) is 6.92 Å². The van der Waals surface area contributed by atoms with Gasteiger partial charge >= 0.3 is 35.7 Å². The summed E-state index contributed by atoms with van der Waals surface area (Å²) in [6, 6.07) is 0. The molecule has 12 heteroatoms. The Morgan fingerprint density at radius 3 is 1.71 bits per heavy atom. The molecule has 0 aliphatic heterocycles. The van der Waals surface area contributed by atoms with Gasteiger partial charge in [-0.25, -0.2) is 14.4 Å². The van der Waals surface area contributed by atoms with E-state index >= 15 is 0 Å². The zero-order valence-electron chi connectivity index (χ0n) is 15.3. The van der Waals surface area contributed by atoms with Gasteiger partial charge in [0.25, 0.3) is 0 Å². The third-order valence-corrected chi connectivity index (χ3v) is 3.00. The molecule has 0 aromatic carbocycles. The zero-order chi connectivity index (χ0) is 22.3. The monoisotopic (exact) mass is 422 g/mol. The third-order valence-electron chi connectivity index (χ3n) is 3.00. The number of hydrogen-bond acceptors (Lipinski definition) is 6. The molecular formula is C16H20F6O6. The molecule has 0 heterocycles. The third kappa shape index (κ3) is 6.13. The minimum Gasteiger partial charge on any atom is -0.462 e. The molecule has 0 bridgehead atoms. The minimum atomic E-state index is -6.39. The quantitative estimate of drug-likeness (QED) is 0.167. The van der Waals surface area contributed by atoms with Crippen molar-refractivity contribution < 1.29 is 54.9 Å². The summed E-state index contributed by atoms with van der Waals surface area (Å²) < 4.78 is 93.6. The molecular weight excluding hydrogens is 402 g/mol. The molecule has 0 N–H and O–H groups in total. The van der Waals surface area contributed by atoms with E-state index in [-0.39, 0.29) is 25.0 Å². The molecule has 0 aliphatic rings. The Kier molecular flexibility index (Phi) is 8.99. The number of halogens is 6. The van der Waals surface area contributed by atoms with E-state index < -0.39 is 48.4 Å².